The van der Waals surface area contributed by atoms with E-state index in [9.17, 15) is 4.79 Å². The van der Waals surface area contributed by atoms with Crippen molar-refractivity contribution in [1.29, 1.82) is 0 Å². The lowest BCUT2D eigenvalue weighted by Gasteiger charge is -2.06. The minimum atomic E-state index is -0.544. The highest BCUT2D eigenvalue weighted by molar-refractivity contribution is 9.10. The number of aryl methyl sites for hydroxylation is 1. The molecule has 0 aliphatic carbocycles. The van der Waals surface area contributed by atoms with E-state index in [1.54, 1.807) is 30.5 Å². The quantitative estimate of drug-likeness (QED) is 0.279. The second-order valence-corrected chi connectivity index (χ2v) is 7.50. The Balaban J connectivity index is 1.39. The number of hydrogen-bond acceptors (Lipinski definition) is 10. The molecule has 4 aromatic rings. The van der Waals surface area contributed by atoms with Crippen LogP contribution < -0.4 is 0 Å². The summed E-state index contributed by atoms with van der Waals surface area (Å²) in [7, 11) is 0. The highest BCUT2D eigenvalue weighted by Crippen LogP contribution is 2.26. The zero-order chi connectivity index (χ0) is 20.2. The zero-order valence-electron chi connectivity index (χ0n) is 15.0. The van der Waals surface area contributed by atoms with Gasteiger partial charge in [0.05, 0.1) is 11.3 Å². The molecular formula is C18H13BrN4O5S. The Morgan fingerprint density at radius 3 is 2.90 bits per heavy atom. The lowest BCUT2D eigenvalue weighted by atomic mass is 10.3. The molecule has 0 saturated heterocycles. The molecule has 0 aromatic carbocycles. The Kier molecular flexibility index (Phi) is 5.76. The van der Waals surface area contributed by atoms with Gasteiger partial charge in [0.1, 0.15) is 10.8 Å². The molecule has 11 heteroatoms. The molecule has 0 amide bonds. The van der Waals surface area contributed by atoms with Gasteiger partial charge >= 0.3 is 5.97 Å². The van der Waals surface area contributed by atoms with Crippen molar-refractivity contribution in [3.63, 3.8) is 0 Å². The first kappa shape index (κ1) is 19.4. The second kappa shape index (κ2) is 8.62. The third-order valence-electron chi connectivity index (χ3n) is 3.60. The number of hydrogen-bond donors (Lipinski definition) is 0. The summed E-state index contributed by atoms with van der Waals surface area (Å²) in [5.41, 5.74) is 1.10. The number of ether oxygens (including phenoxy) is 1. The topological polar surface area (TPSA) is 117 Å². The number of thioether (sulfide) groups is 1. The SMILES string of the molecule is Cc1cc(CSc2ncccc2C(=O)OCc2nnc(-c3ccc(Br)o3)o2)no1. The lowest BCUT2D eigenvalue weighted by Crippen LogP contribution is -2.08. The normalized spacial score (nSPS) is 11.0. The van der Waals surface area contributed by atoms with E-state index in [0.29, 0.717) is 26.8 Å². The summed E-state index contributed by atoms with van der Waals surface area (Å²) >= 11 is 4.57. The molecule has 0 atom stereocenters. The number of esters is 1. The summed E-state index contributed by atoms with van der Waals surface area (Å²) < 4.78 is 21.7. The molecular weight excluding hydrogens is 464 g/mol. The van der Waals surface area contributed by atoms with Crippen LogP contribution in [-0.4, -0.2) is 26.3 Å². The van der Waals surface area contributed by atoms with E-state index < -0.39 is 5.97 Å². The van der Waals surface area contributed by atoms with Gasteiger partial charge in [0, 0.05) is 18.0 Å². The van der Waals surface area contributed by atoms with Crippen LogP contribution >= 0.6 is 27.7 Å². The Bertz CT molecular complexity index is 1140. The Labute approximate surface area is 177 Å². The molecule has 4 aromatic heterocycles. The van der Waals surface area contributed by atoms with Crippen molar-refractivity contribution in [2.24, 2.45) is 0 Å². The van der Waals surface area contributed by atoms with Crippen LogP contribution in [0.5, 0.6) is 0 Å². The highest BCUT2D eigenvalue weighted by Gasteiger charge is 2.18. The van der Waals surface area contributed by atoms with Gasteiger partial charge in [-0.15, -0.1) is 10.2 Å². The van der Waals surface area contributed by atoms with Crippen molar-refractivity contribution in [3.05, 3.63) is 64.1 Å². The molecule has 0 aliphatic rings. The molecule has 4 heterocycles. The smallest absolute Gasteiger partial charge is 0.341 e. The fourth-order valence-electron chi connectivity index (χ4n) is 2.34. The molecule has 0 saturated carbocycles. The van der Waals surface area contributed by atoms with Crippen molar-refractivity contribution in [3.8, 4) is 11.7 Å². The molecule has 0 N–H and O–H groups in total. The third kappa shape index (κ3) is 4.74. The van der Waals surface area contributed by atoms with Gasteiger partial charge in [-0.1, -0.05) is 16.9 Å². The van der Waals surface area contributed by atoms with Crippen LogP contribution in [0.25, 0.3) is 11.7 Å². The van der Waals surface area contributed by atoms with E-state index in [1.807, 2.05) is 13.0 Å². The van der Waals surface area contributed by atoms with Crippen LogP contribution in [0.4, 0.5) is 0 Å². The number of nitrogens with zero attached hydrogens (tertiary/aromatic N) is 4. The minimum absolute atomic E-state index is 0.150. The number of halogens is 1. The Morgan fingerprint density at radius 1 is 1.24 bits per heavy atom. The molecule has 0 spiro atoms. The first-order valence-corrected chi connectivity index (χ1v) is 10.1. The molecule has 29 heavy (non-hydrogen) atoms. The first-order chi connectivity index (χ1) is 14.1. The van der Waals surface area contributed by atoms with Crippen molar-refractivity contribution in [2.75, 3.05) is 0 Å². The number of pyridine rings is 1. The van der Waals surface area contributed by atoms with E-state index in [4.69, 9.17) is 18.1 Å². The fourth-order valence-corrected chi connectivity index (χ4v) is 3.50. The fraction of sp³-hybridized carbons (Fsp3) is 0.167. The van der Waals surface area contributed by atoms with Gasteiger partial charge in [-0.05, 0) is 47.1 Å². The maximum absolute atomic E-state index is 12.5. The van der Waals surface area contributed by atoms with Gasteiger partial charge in [0.25, 0.3) is 11.8 Å². The summed E-state index contributed by atoms with van der Waals surface area (Å²) in [5.74, 6) is 1.45. The second-order valence-electron chi connectivity index (χ2n) is 5.75. The molecule has 0 aliphatic heterocycles. The molecule has 0 fully saturated rings. The minimum Gasteiger partial charge on any atom is -0.452 e. The van der Waals surface area contributed by atoms with Crippen LogP contribution in [-0.2, 0) is 17.1 Å². The zero-order valence-corrected chi connectivity index (χ0v) is 17.4. The summed E-state index contributed by atoms with van der Waals surface area (Å²) in [6.45, 7) is 1.65. The van der Waals surface area contributed by atoms with E-state index >= 15 is 0 Å². The number of carbonyl (C=O) groups is 1. The lowest BCUT2D eigenvalue weighted by molar-refractivity contribution is 0.0433. The van der Waals surface area contributed by atoms with E-state index in [0.717, 1.165) is 11.5 Å². The van der Waals surface area contributed by atoms with Gasteiger partial charge in [0.2, 0.25) is 0 Å². The summed E-state index contributed by atoms with van der Waals surface area (Å²) in [4.78, 5) is 16.8. The highest BCUT2D eigenvalue weighted by atomic mass is 79.9. The van der Waals surface area contributed by atoms with Crippen LogP contribution in [0.15, 0.2) is 59.6 Å². The van der Waals surface area contributed by atoms with Gasteiger partial charge in [-0.3, -0.25) is 0 Å². The van der Waals surface area contributed by atoms with Gasteiger partial charge in [0.15, 0.2) is 17.0 Å². The largest absolute Gasteiger partial charge is 0.452 e. The third-order valence-corrected chi connectivity index (χ3v) is 5.07. The van der Waals surface area contributed by atoms with Crippen molar-refractivity contribution in [1.82, 2.24) is 20.3 Å². The summed E-state index contributed by atoms with van der Waals surface area (Å²) in [6.07, 6.45) is 1.61. The number of furan rings is 1. The molecule has 148 valence electrons. The van der Waals surface area contributed by atoms with E-state index in [-0.39, 0.29) is 18.4 Å². The average molecular weight is 477 g/mol. The first-order valence-electron chi connectivity index (χ1n) is 8.34. The van der Waals surface area contributed by atoms with Crippen molar-refractivity contribution >= 4 is 33.7 Å². The van der Waals surface area contributed by atoms with Gasteiger partial charge in [-0.25, -0.2) is 9.78 Å². The van der Waals surface area contributed by atoms with Crippen molar-refractivity contribution < 1.29 is 22.9 Å². The van der Waals surface area contributed by atoms with Gasteiger partial charge < -0.3 is 18.1 Å². The van der Waals surface area contributed by atoms with Crippen LogP contribution in [0, 0.1) is 6.92 Å². The Morgan fingerprint density at radius 2 is 2.14 bits per heavy atom. The molecule has 9 nitrogen and oxygen atoms in total. The molecule has 0 radical (unpaired) electrons. The molecule has 0 bridgehead atoms. The monoisotopic (exact) mass is 476 g/mol. The number of aromatic nitrogens is 4. The van der Waals surface area contributed by atoms with E-state index in [2.05, 4.69) is 36.3 Å². The summed E-state index contributed by atoms with van der Waals surface area (Å²) in [6, 6.07) is 8.54. The van der Waals surface area contributed by atoms with Crippen molar-refractivity contribution in [2.45, 2.75) is 24.3 Å². The van der Waals surface area contributed by atoms with Gasteiger partial charge in [-0.2, -0.15) is 0 Å². The summed E-state index contributed by atoms with van der Waals surface area (Å²) in [5, 5.41) is 12.2. The molecule has 0 unspecified atom stereocenters. The number of rotatable bonds is 7. The standard InChI is InChI=1S/C18H13BrN4O5S/c1-10-7-11(23-28-10)9-29-17-12(3-2-6-20-17)18(24)25-8-15-21-22-16(27-15)13-4-5-14(19)26-13/h2-7H,8-9H2,1H3. The predicted molar refractivity (Wildman–Crippen MR) is 104 cm³/mol. The molecule has 4 rings (SSSR count). The van der Waals surface area contributed by atoms with Crippen LogP contribution in [0.3, 0.4) is 0 Å². The Hall–Kier alpha value is -2.92. The van der Waals surface area contributed by atoms with Crippen LogP contribution in [0.2, 0.25) is 0 Å². The maximum atomic E-state index is 12.5. The predicted octanol–water partition coefficient (Wildman–Crippen LogP) is 4.43. The van der Waals surface area contributed by atoms with Crippen LogP contribution in [0.1, 0.15) is 27.7 Å². The van der Waals surface area contributed by atoms with E-state index in [1.165, 1.54) is 11.8 Å². The number of carbonyl (C=O) groups excluding carboxylic acids is 1. The maximum Gasteiger partial charge on any atom is 0.341 e. The average Bonchev–Trinajstić information content (AvgIpc) is 3.46.